The lowest BCUT2D eigenvalue weighted by molar-refractivity contribution is -0.137. The van der Waals surface area contributed by atoms with Crippen LogP contribution in [-0.4, -0.2) is 56.1 Å². The van der Waals surface area contributed by atoms with Crippen molar-refractivity contribution in [3.05, 3.63) is 29.8 Å². The minimum Gasteiger partial charge on any atom is -0.369 e. The summed E-state index contributed by atoms with van der Waals surface area (Å²) in [5.74, 6) is -0.139. The second-order valence-corrected chi connectivity index (χ2v) is 6.66. The predicted octanol–water partition coefficient (Wildman–Crippen LogP) is 2.49. The number of piperazine rings is 1. The molecule has 1 atom stereocenters. The lowest BCUT2D eigenvalue weighted by Gasteiger charge is -2.36. The minimum absolute atomic E-state index is 0. The number of alkyl halides is 3. The van der Waals surface area contributed by atoms with Crippen molar-refractivity contribution >= 4 is 24.0 Å². The number of benzene rings is 1. The molecule has 0 aliphatic carbocycles. The van der Waals surface area contributed by atoms with Crippen LogP contribution in [0.15, 0.2) is 24.3 Å². The van der Waals surface area contributed by atoms with Crippen molar-refractivity contribution < 1.29 is 18.0 Å². The third-order valence-corrected chi connectivity index (χ3v) is 4.52. The van der Waals surface area contributed by atoms with Crippen molar-refractivity contribution in [2.45, 2.75) is 32.0 Å². The van der Waals surface area contributed by atoms with Gasteiger partial charge >= 0.3 is 6.18 Å². The smallest absolute Gasteiger partial charge is 0.369 e. The minimum atomic E-state index is -4.31. The zero-order valence-corrected chi connectivity index (χ0v) is 16.3. The number of rotatable bonds is 7. The summed E-state index contributed by atoms with van der Waals surface area (Å²) in [6.45, 7) is 6.25. The molecule has 1 aromatic carbocycles. The molecular weight excluding hydrogens is 381 g/mol. The Morgan fingerprint density at radius 1 is 1.22 bits per heavy atom. The molecule has 1 amide bonds. The highest BCUT2D eigenvalue weighted by Gasteiger charge is 2.31. The van der Waals surface area contributed by atoms with E-state index in [-0.39, 0.29) is 18.3 Å². The first-order valence-corrected chi connectivity index (χ1v) is 8.95. The van der Waals surface area contributed by atoms with E-state index in [2.05, 4.69) is 10.2 Å². The van der Waals surface area contributed by atoms with Crippen molar-refractivity contribution in [2.75, 3.05) is 44.2 Å². The largest absolute Gasteiger partial charge is 0.416 e. The summed E-state index contributed by atoms with van der Waals surface area (Å²) < 4.78 is 38.5. The van der Waals surface area contributed by atoms with Gasteiger partial charge in [0, 0.05) is 38.4 Å². The fraction of sp³-hybridized carbons (Fsp3) is 0.611. The Balaban J connectivity index is 0.00000364. The molecule has 2 rings (SSSR count). The van der Waals surface area contributed by atoms with Crippen LogP contribution in [0.25, 0.3) is 0 Å². The topological polar surface area (TPSA) is 61.6 Å². The van der Waals surface area contributed by atoms with Gasteiger partial charge in [-0.2, -0.15) is 13.2 Å². The fourth-order valence-electron chi connectivity index (χ4n) is 2.94. The van der Waals surface area contributed by atoms with Gasteiger partial charge in [-0.1, -0.05) is 6.07 Å². The van der Waals surface area contributed by atoms with E-state index in [4.69, 9.17) is 5.73 Å². The van der Waals surface area contributed by atoms with Gasteiger partial charge < -0.3 is 16.0 Å². The summed E-state index contributed by atoms with van der Waals surface area (Å²) in [5.41, 5.74) is 5.49. The molecule has 1 unspecified atom stereocenters. The van der Waals surface area contributed by atoms with E-state index >= 15 is 0 Å². The van der Waals surface area contributed by atoms with Gasteiger partial charge in [0.2, 0.25) is 5.91 Å². The summed E-state index contributed by atoms with van der Waals surface area (Å²) >= 11 is 0. The van der Waals surface area contributed by atoms with Gasteiger partial charge in [-0.15, -0.1) is 12.4 Å². The molecule has 9 heteroatoms. The van der Waals surface area contributed by atoms with E-state index in [0.717, 1.165) is 38.5 Å². The predicted molar refractivity (Wildman–Crippen MR) is 103 cm³/mol. The number of hydrogen-bond donors (Lipinski definition) is 2. The number of hydrogen-bond acceptors (Lipinski definition) is 4. The van der Waals surface area contributed by atoms with E-state index < -0.39 is 17.8 Å². The standard InChI is InChI=1S/C18H27F3N4O.ClH/c1-14(22)17(26)23-7-2-3-8-24-9-11-25(12-10-24)16-6-4-5-15(13-16)18(19,20)21;/h4-6,13-14H,2-3,7-12,22H2,1H3,(H,23,26);1H. The SMILES string of the molecule is CC(N)C(=O)NCCCCN1CCN(c2cccc(C(F)(F)F)c2)CC1.Cl. The van der Waals surface area contributed by atoms with E-state index in [0.29, 0.717) is 25.3 Å². The number of carbonyl (C=O) groups is 1. The van der Waals surface area contributed by atoms with E-state index in [1.54, 1.807) is 13.0 Å². The number of nitrogens with zero attached hydrogens (tertiary/aromatic N) is 2. The molecule has 1 aliphatic heterocycles. The molecule has 0 radical (unpaired) electrons. The zero-order chi connectivity index (χ0) is 19.2. The first kappa shape index (κ1) is 23.5. The summed E-state index contributed by atoms with van der Waals surface area (Å²) in [6, 6.07) is 5.02. The van der Waals surface area contributed by atoms with Crippen LogP contribution in [-0.2, 0) is 11.0 Å². The molecule has 1 fully saturated rings. The van der Waals surface area contributed by atoms with Crippen LogP contribution in [0, 0.1) is 0 Å². The molecule has 27 heavy (non-hydrogen) atoms. The highest BCUT2D eigenvalue weighted by Crippen LogP contribution is 2.31. The highest BCUT2D eigenvalue weighted by atomic mass is 35.5. The van der Waals surface area contributed by atoms with Gasteiger partial charge in [0.15, 0.2) is 0 Å². The van der Waals surface area contributed by atoms with Crippen LogP contribution in [0.4, 0.5) is 18.9 Å². The Labute approximate surface area is 164 Å². The van der Waals surface area contributed by atoms with E-state index in [1.165, 1.54) is 12.1 Å². The molecule has 1 aliphatic rings. The molecule has 0 saturated carbocycles. The molecule has 154 valence electrons. The normalized spacial score (nSPS) is 16.6. The number of amides is 1. The van der Waals surface area contributed by atoms with Crippen LogP contribution in [0.5, 0.6) is 0 Å². The summed E-state index contributed by atoms with van der Waals surface area (Å²) in [5, 5.41) is 2.78. The van der Waals surface area contributed by atoms with Gasteiger partial charge in [0.05, 0.1) is 11.6 Å². The Hall–Kier alpha value is -1.51. The Bertz CT molecular complexity index is 590. The van der Waals surface area contributed by atoms with Crippen molar-refractivity contribution in [3.63, 3.8) is 0 Å². The van der Waals surface area contributed by atoms with Crippen LogP contribution in [0.1, 0.15) is 25.3 Å². The second kappa shape index (κ2) is 10.7. The van der Waals surface area contributed by atoms with Crippen molar-refractivity contribution in [1.29, 1.82) is 0 Å². The van der Waals surface area contributed by atoms with Crippen LogP contribution >= 0.6 is 12.4 Å². The monoisotopic (exact) mass is 408 g/mol. The van der Waals surface area contributed by atoms with Crippen molar-refractivity contribution in [3.8, 4) is 0 Å². The summed E-state index contributed by atoms with van der Waals surface area (Å²) in [4.78, 5) is 15.6. The third-order valence-electron chi connectivity index (χ3n) is 4.52. The van der Waals surface area contributed by atoms with Gasteiger partial charge in [-0.3, -0.25) is 9.69 Å². The quantitative estimate of drug-likeness (QED) is 0.680. The Morgan fingerprint density at radius 3 is 2.48 bits per heavy atom. The lowest BCUT2D eigenvalue weighted by Crippen LogP contribution is -2.46. The van der Waals surface area contributed by atoms with Gasteiger partial charge in [-0.25, -0.2) is 0 Å². The van der Waals surface area contributed by atoms with E-state index in [1.807, 2.05) is 4.90 Å². The van der Waals surface area contributed by atoms with Crippen molar-refractivity contribution in [2.24, 2.45) is 5.73 Å². The summed E-state index contributed by atoms with van der Waals surface area (Å²) in [7, 11) is 0. The third kappa shape index (κ3) is 7.56. The Morgan fingerprint density at radius 2 is 1.89 bits per heavy atom. The molecule has 3 N–H and O–H groups in total. The fourth-order valence-corrected chi connectivity index (χ4v) is 2.94. The number of carbonyl (C=O) groups excluding carboxylic acids is 1. The molecular formula is C18H28ClF3N4O. The molecule has 0 spiro atoms. The number of nitrogens with one attached hydrogen (secondary N) is 1. The zero-order valence-electron chi connectivity index (χ0n) is 15.5. The average molecular weight is 409 g/mol. The average Bonchev–Trinajstić information content (AvgIpc) is 2.61. The van der Waals surface area contributed by atoms with Crippen LogP contribution in [0.2, 0.25) is 0 Å². The molecule has 0 aromatic heterocycles. The maximum absolute atomic E-state index is 12.8. The number of halogens is 4. The maximum atomic E-state index is 12.8. The number of anilines is 1. The van der Waals surface area contributed by atoms with Crippen LogP contribution < -0.4 is 16.0 Å². The van der Waals surface area contributed by atoms with Gasteiger partial charge in [0.25, 0.3) is 0 Å². The molecule has 1 aromatic rings. The van der Waals surface area contributed by atoms with Crippen molar-refractivity contribution in [1.82, 2.24) is 10.2 Å². The summed E-state index contributed by atoms with van der Waals surface area (Å²) in [6.07, 6.45) is -2.47. The molecule has 1 heterocycles. The van der Waals surface area contributed by atoms with E-state index in [9.17, 15) is 18.0 Å². The molecule has 5 nitrogen and oxygen atoms in total. The van der Waals surface area contributed by atoms with Gasteiger partial charge in [0.1, 0.15) is 0 Å². The first-order valence-electron chi connectivity index (χ1n) is 8.95. The van der Waals surface area contributed by atoms with Gasteiger partial charge in [-0.05, 0) is 44.5 Å². The maximum Gasteiger partial charge on any atom is 0.416 e. The lowest BCUT2D eigenvalue weighted by atomic mass is 10.1. The van der Waals surface area contributed by atoms with Crippen LogP contribution in [0.3, 0.4) is 0 Å². The number of unbranched alkanes of at least 4 members (excludes halogenated alkanes) is 1. The first-order chi connectivity index (χ1) is 12.3. The molecule has 1 saturated heterocycles. The highest BCUT2D eigenvalue weighted by molar-refractivity contribution is 5.85. The number of nitrogens with two attached hydrogens (primary N) is 1. The molecule has 0 bridgehead atoms. The Kier molecular flexibility index (Phi) is 9.35. The second-order valence-electron chi connectivity index (χ2n) is 6.66.